The SMILES string of the molecule is Cc1ccc(S(=O)(=O)Nc2ccc(OCC#N)cc2)c(Br)c1. The van der Waals surface area contributed by atoms with Crippen molar-refractivity contribution in [2.75, 3.05) is 11.3 Å². The number of nitrogens with one attached hydrogen (secondary N) is 1. The molecular formula is C15H13BrN2O3S. The molecule has 22 heavy (non-hydrogen) atoms. The Morgan fingerprint density at radius 2 is 1.91 bits per heavy atom. The molecule has 0 aliphatic heterocycles. The predicted molar refractivity (Wildman–Crippen MR) is 87.2 cm³/mol. The van der Waals surface area contributed by atoms with E-state index in [1.165, 1.54) is 0 Å². The first-order valence-electron chi connectivity index (χ1n) is 6.31. The number of halogens is 1. The molecule has 0 fully saturated rings. The summed E-state index contributed by atoms with van der Waals surface area (Å²) in [6.07, 6.45) is 0. The molecule has 1 N–H and O–H groups in total. The normalized spacial score (nSPS) is 10.8. The van der Waals surface area contributed by atoms with Crippen LogP contribution in [-0.2, 0) is 10.0 Å². The highest BCUT2D eigenvalue weighted by molar-refractivity contribution is 9.10. The lowest BCUT2D eigenvalue weighted by atomic mass is 10.2. The number of hydrogen-bond donors (Lipinski definition) is 1. The fraction of sp³-hybridized carbons (Fsp3) is 0.133. The van der Waals surface area contributed by atoms with Crippen LogP contribution in [0.25, 0.3) is 0 Å². The molecule has 0 atom stereocenters. The Morgan fingerprint density at radius 1 is 1.23 bits per heavy atom. The van der Waals surface area contributed by atoms with Gasteiger partial charge in [0.05, 0.1) is 0 Å². The molecule has 0 spiro atoms. The van der Waals surface area contributed by atoms with E-state index in [0.717, 1.165) is 5.56 Å². The fourth-order valence-electron chi connectivity index (χ4n) is 1.77. The highest BCUT2D eigenvalue weighted by Gasteiger charge is 2.17. The van der Waals surface area contributed by atoms with E-state index in [1.807, 2.05) is 13.0 Å². The van der Waals surface area contributed by atoms with Gasteiger partial charge in [-0.25, -0.2) is 8.42 Å². The van der Waals surface area contributed by atoms with Gasteiger partial charge in [0.1, 0.15) is 16.7 Å². The Labute approximate surface area is 137 Å². The van der Waals surface area contributed by atoms with Crippen LogP contribution >= 0.6 is 15.9 Å². The third-order valence-corrected chi connectivity index (χ3v) is 5.14. The Kier molecular flexibility index (Phi) is 5.06. The summed E-state index contributed by atoms with van der Waals surface area (Å²) >= 11 is 3.27. The van der Waals surface area contributed by atoms with Gasteiger partial charge in [-0.15, -0.1) is 0 Å². The number of sulfonamides is 1. The number of benzene rings is 2. The molecule has 0 aliphatic rings. The number of nitrogens with zero attached hydrogens (tertiary/aromatic N) is 1. The monoisotopic (exact) mass is 380 g/mol. The van der Waals surface area contributed by atoms with Gasteiger partial charge in [0.2, 0.25) is 0 Å². The van der Waals surface area contributed by atoms with Gasteiger partial charge in [-0.1, -0.05) is 6.07 Å². The topological polar surface area (TPSA) is 79.2 Å². The van der Waals surface area contributed by atoms with Crippen LogP contribution in [0.2, 0.25) is 0 Å². The highest BCUT2D eigenvalue weighted by atomic mass is 79.9. The zero-order chi connectivity index (χ0) is 16.2. The molecule has 2 aromatic carbocycles. The molecular weight excluding hydrogens is 368 g/mol. The summed E-state index contributed by atoms with van der Waals surface area (Å²) in [5.74, 6) is 0.501. The molecule has 0 saturated carbocycles. The maximum absolute atomic E-state index is 12.4. The number of hydrogen-bond acceptors (Lipinski definition) is 4. The molecule has 0 amide bonds. The molecule has 2 rings (SSSR count). The minimum Gasteiger partial charge on any atom is -0.479 e. The van der Waals surface area contributed by atoms with Crippen LogP contribution in [0.1, 0.15) is 5.56 Å². The Balaban J connectivity index is 2.20. The molecule has 0 bridgehead atoms. The van der Waals surface area contributed by atoms with E-state index in [-0.39, 0.29) is 11.5 Å². The molecule has 0 aromatic heterocycles. The van der Waals surface area contributed by atoms with Crippen LogP contribution in [0.5, 0.6) is 5.75 Å². The molecule has 2 aromatic rings. The average Bonchev–Trinajstić information content (AvgIpc) is 2.45. The Morgan fingerprint density at radius 3 is 2.50 bits per heavy atom. The summed E-state index contributed by atoms with van der Waals surface area (Å²) in [4.78, 5) is 0.169. The molecule has 0 aliphatic carbocycles. The Hall–Kier alpha value is -2.04. The van der Waals surface area contributed by atoms with Crippen molar-refractivity contribution in [3.8, 4) is 11.8 Å². The quantitative estimate of drug-likeness (QED) is 0.860. The fourth-order valence-corrected chi connectivity index (χ4v) is 4.02. The second-order valence-corrected chi connectivity index (χ2v) is 7.02. The molecule has 0 unspecified atom stereocenters. The van der Waals surface area contributed by atoms with E-state index in [2.05, 4.69) is 20.7 Å². The maximum atomic E-state index is 12.4. The van der Waals surface area contributed by atoms with Crippen molar-refractivity contribution >= 4 is 31.6 Å². The van der Waals surface area contributed by atoms with Crippen LogP contribution in [0.3, 0.4) is 0 Å². The number of ether oxygens (including phenoxy) is 1. The first-order valence-corrected chi connectivity index (χ1v) is 8.59. The second-order valence-electron chi connectivity index (χ2n) is 4.51. The van der Waals surface area contributed by atoms with Crippen LogP contribution in [-0.4, -0.2) is 15.0 Å². The van der Waals surface area contributed by atoms with Crippen molar-refractivity contribution in [3.05, 3.63) is 52.5 Å². The summed E-state index contributed by atoms with van der Waals surface area (Å²) in [7, 11) is -3.68. The number of nitriles is 1. The molecule has 5 nitrogen and oxygen atoms in total. The van der Waals surface area contributed by atoms with Crippen molar-refractivity contribution in [3.63, 3.8) is 0 Å². The third kappa shape index (κ3) is 4.00. The summed E-state index contributed by atoms with van der Waals surface area (Å²) < 4.78 is 32.9. The summed E-state index contributed by atoms with van der Waals surface area (Å²) in [6.45, 7) is 1.83. The number of rotatable bonds is 5. The summed E-state index contributed by atoms with van der Waals surface area (Å²) in [5.41, 5.74) is 1.38. The van der Waals surface area contributed by atoms with Crippen molar-refractivity contribution in [2.45, 2.75) is 11.8 Å². The average molecular weight is 381 g/mol. The van der Waals surface area contributed by atoms with Gasteiger partial charge >= 0.3 is 0 Å². The van der Waals surface area contributed by atoms with E-state index in [1.54, 1.807) is 42.5 Å². The lowest BCUT2D eigenvalue weighted by molar-refractivity contribution is 0.368. The maximum Gasteiger partial charge on any atom is 0.263 e. The van der Waals surface area contributed by atoms with Gasteiger partial charge in [-0.2, -0.15) is 5.26 Å². The first-order chi connectivity index (χ1) is 10.4. The van der Waals surface area contributed by atoms with Crippen LogP contribution in [0.15, 0.2) is 51.8 Å². The Bertz CT molecular complexity index is 812. The molecule has 0 heterocycles. The molecule has 0 radical (unpaired) electrons. The van der Waals surface area contributed by atoms with Gasteiger partial charge in [-0.3, -0.25) is 4.72 Å². The van der Waals surface area contributed by atoms with E-state index >= 15 is 0 Å². The van der Waals surface area contributed by atoms with Gasteiger partial charge in [0.25, 0.3) is 10.0 Å². The van der Waals surface area contributed by atoms with Crippen molar-refractivity contribution < 1.29 is 13.2 Å². The van der Waals surface area contributed by atoms with Gasteiger partial charge in [-0.05, 0) is 64.8 Å². The lowest BCUT2D eigenvalue weighted by Crippen LogP contribution is -2.13. The van der Waals surface area contributed by atoms with E-state index < -0.39 is 10.0 Å². The van der Waals surface area contributed by atoms with Crippen molar-refractivity contribution in [1.29, 1.82) is 5.26 Å². The molecule has 0 saturated heterocycles. The zero-order valence-corrected chi connectivity index (χ0v) is 14.1. The predicted octanol–water partition coefficient (Wildman–Crippen LogP) is 3.46. The largest absolute Gasteiger partial charge is 0.479 e. The van der Waals surface area contributed by atoms with Crippen LogP contribution in [0.4, 0.5) is 5.69 Å². The summed E-state index contributed by atoms with van der Waals surface area (Å²) in [6, 6.07) is 13.2. The zero-order valence-electron chi connectivity index (χ0n) is 11.7. The molecule has 7 heteroatoms. The van der Waals surface area contributed by atoms with Gasteiger partial charge in [0.15, 0.2) is 6.61 Å². The van der Waals surface area contributed by atoms with E-state index in [0.29, 0.717) is 15.9 Å². The van der Waals surface area contributed by atoms with Crippen LogP contribution < -0.4 is 9.46 Å². The third-order valence-electron chi connectivity index (χ3n) is 2.79. The first kappa shape index (κ1) is 16.3. The summed E-state index contributed by atoms with van der Waals surface area (Å²) in [5, 5.41) is 8.44. The van der Waals surface area contributed by atoms with Gasteiger partial charge < -0.3 is 4.74 Å². The van der Waals surface area contributed by atoms with E-state index in [9.17, 15) is 8.42 Å². The molecule has 114 valence electrons. The van der Waals surface area contributed by atoms with Crippen LogP contribution in [0, 0.1) is 18.3 Å². The van der Waals surface area contributed by atoms with Gasteiger partial charge in [0, 0.05) is 10.2 Å². The number of anilines is 1. The standard InChI is InChI=1S/C15H13BrN2O3S/c1-11-2-7-15(14(16)10-11)22(19,20)18-12-3-5-13(6-4-12)21-9-8-17/h2-7,10,18H,9H2,1H3. The highest BCUT2D eigenvalue weighted by Crippen LogP contribution is 2.26. The second kappa shape index (κ2) is 6.81. The minimum absolute atomic E-state index is 0.0542. The minimum atomic E-state index is -3.68. The number of aryl methyl sites for hydroxylation is 1. The lowest BCUT2D eigenvalue weighted by Gasteiger charge is -2.10. The van der Waals surface area contributed by atoms with E-state index in [4.69, 9.17) is 10.00 Å². The van der Waals surface area contributed by atoms with Crippen molar-refractivity contribution in [2.24, 2.45) is 0 Å². The van der Waals surface area contributed by atoms with Crippen molar-refractivity contribution in [1.82, 2.24) is 0 Å². The smallest absolute Gasteiger partial charge is 0.263 e.